The molecule has 9 heteroatoms. The van der Waals surface area contributed by atoms with Crippen LogP contribution in [-0.4, -0.2) is 28.3 Å². The summed E-state index contributed by atoms with van der Waals surface area (Å²) in [5.41, 5.74) is 0.308. The molecular formula is C10H8N2O3S4. The first-order valence-electron chi connectivity index (χ1n) is 4.91. The number of ketones is 1. The van der Waals surface area contributed by atoms with Crippen molar-refractivity contribution in [2.24, 2.45) is 4.99 Å². The first kappa shape index (κ1) is 14.8. The number of benzene rings is 1. The Morgan fingerprint density at radius 1 is 1.11 bits per heavy atom. The molecule has 19 heavy (non-hydrogen) atoms. The van der Waals surface area contributed by atoms with Crippen LogP contribution in [0.3, 0.4) is 0 Å². The van der Waals surface area contributed by atoms with Crippen LogP contribution in [0.15, 0.2) is 30.6 Å². The van der Waals surface area contributed by atoms with Gasteiger partial charge in [0.25, 0.3) is 5.78 Å². The summed E-state index contributed by atoms with van der Waals surface area (Å²) in [7, 11) is 0. The van der Waals surface area contributed by atoms with E-state index < -0.39 is 17.7 Å². The molecule has 1 atom stereocenters. The molecule has 0 saturated heterocycles. The third-order valence-electron chi connectivity index (χ3n) is 2.57. The van der Waals surface area contributed by atoms with Crippen LogP contribution in [0.25, 0.3) is 0 Å². The van der Waals surface area contributed by atoms with Crippen molar-refractivity contribution in [3.63, 3.8) is 0 Å². The Labute approximate surface area is 130 Å². The highest BCUT2D eigenvalue weighted by atomic mass is 32.1. The molecule has 0 saturated carbocycles. The maximum absolute atomic E-state index is 11.8. The summed E-state index contributed by atoms with van der Waals surface area (Å²) in [6.07, 6.45) is 0.882. The van der Waals surface area contributed by atoms with Gasteiger partial charge in [0.2, 0.25) is 0 Å². The highest BCUT2D eigenvalue weighted by Crippen LogP contribution is 2.38. The summed E-state index contributed by atoms with van der Waals surface area (Å²) in [6, 6.07) is 0.300. The summed E-state index contributed by atoms with van der Waals surface area (Å²) in [5.74, 6) is -1.79. The molecule has 1 N–H and O–H groups in total. The maximum atomic E-state index is 11.8. The largest absolute Gasteiger partial charge is 0.317 e. The van der Waals surface area contributed by atoms with E-state index in [1.54, 1.807) is 0 Å². The molecule has 1 aliphatic rings. The lowest BCUT2D eigenvalue weighted by Gasteiger charge is -2.26. The van der Waals surface area contributed by atoms with E-state index in [4.69, 9.17) is 0 Å². The first-order chi connectivity index (χ1) is 8.84. The highest BCUT2D eigenvalue weighted by Gasteiger charge is 2.36. The van der Waals surface area contributed by atoms with Gasteiger partial charge in [-0.3, -0.25) is 14.8 Å². The predicted octanol–water partition coefficient (Wildman–Crippen LogP) is 1.71. The van der Waals surface area contributed by atoms with Crippen LogP contribution in [0, 0.1) is 0 Å². The average Bonchev–Trinajstić information content (AvgIpc) is 2.38. The Balaban J connectivity index is 2.62. The third-order valence-corrected chi connectivity index (χ3v) is 4.84. The zero-order valence-corrected chi connectivity index (χ0v) is 12.8. The fraction of sp³-hybridized carbons (Fsp3) is 0.100. The van der Waals surface area contributed by atoms with Gasteiger partial charge in [-0.15, -0.1) is 50.5 Å². The fourth-order valence-corrected chi connectivity index (χ4v) is 2.78. The lowest BCUT2D eigenvalue weighted by atomic mass is 10.0. The van der Waals surface area contributed by atoms with Crippen molar-refractivity contribution in [3.8, 4) is 0 Å². The number of thiol groups is 4. The normalized spacial score (nSPS) is 19.2. The summed E-state index contributed by atoms with van der Waals surface area (Å²) in [4.78, 5) is 28.1. The molecule has 1 aromatic carbocycles. The smallest absolute Gasteiger partial charge is 0.286 e. The Kier molecular flexibility index (Phi) is 4.21. The van der Waals surface area contributed by atoms with E-state index in [0.29, 0.717) is 30.2 Å². The number of nitrogens with zero attached hydrogens (tertiary/aromatic N) is 2. The molecule has 0 aromatic heterocycles. The van der Waals surface area contributed by atoms with E-state index in [1.807, 2.05) is 0 Å². The van der Waals surface area contributed by atoms with E-state index in [9.17, 15) is 14.8 Å². The molecule has 1 heterocycles. The van der Waals surface area contributed by atoms with E-state index in [-0.39, 0.29) is 0 Å². The Morgan fingerprint density at radius 3 is 2.37 bits per heavy atom. The van der Waals surface area contributed by atoms with Gasteiger partial charge in [-0.2, -0.15) is 4.99 Å². The van der Waals surface area contributed by atoms with Gasteiger partial charge in [0.1, 0.15) is 6.34 Å². The molecule has 1 unspecified atom stereocenters. The second-order valence-corrected chi connectivity index (χ2v) is 5.55. The van der Waals surface area contributed by atoms with Crippen molar-refractivity contribution in [2.45, 2.75) is 25.6 Å². The van der Waals surface area contributed by atoms with Crippen LogP contribution in [0.5, 0.6) is 0 Å². The quantitative estimate of drug-likeness (QED) is 0.401. The number of carbonyl (C=O) groups is 2. The van der Waals surface area contributed by atoms with E-state index in [2.05, 4.69) is 55.5 Å². The summed E-state index contributed by atoms with van der Waals surface area (Å²) < 4.78 is 0. The van der Waals surface area contributed by atoms with Gasteiger partial charge in [-0.05, 0) is 6.07 Å². The van der Waals surface area contributed by atoms with Crippen molar-refractivity contribution in [1.29, 1.82) is 0 Å². The molecule has 5 nitrogen and oxygen atoms in total. The number of carbonyl (C=O) groups excluding carboxylic acids is 2. The van der Waals surface area contributed by atoms with E-state index in [1.165, 1.54) is 6.07 Å². The van der Waals surface area contributed by atoms with E-state index in [0.717, 1.165) is 6.34 Å². The molecule has 1 amide bonds. The van der Waals surface area contributed by atoms with Crippen LogP contribution in [0.2, 0.25) is 0 Å². The molecule has 100 valence electrons. The summed E-state index contributed by atoms with van der Waals surface area (Å²) >= 11 is 16.9. The number of Topliss-reactive ketones (excluding diaryl/α,β-unsaturated/α-hetero) is 1. The fourth-order valence-electron chi connectivity index (χ4n) is 1.63. The van der Waals surface area contributed by atoms with Gasteiger partial charge in [0.05, 0.1) is 0 Å². The topological polar surface area (TPSA) is 70.0 Å². The Bertz CT molecular complexity index is 617. The zero-order valence-electron chi connectivity index (χ0n) is 9.18. The van der Waals surface area contributed by atoms with Gasteiger partial charge in [-0.1, -0.05) is 0 Å². The standard InChI is InChI=1S/C10H8N2O3S4/c13-6-5(12(15)2-11-10(6)14)3-1-4(16)8(18)9(19)7(3)17/h1-2,5,15-19H. The van der Waals surface area contributed by atoms with E-state index >= 15 is 0 Å². The second-order valence-electron chi connectivity index (χ2n) is 3.73. The number of amides is 1. The van der Waals surface area contributed by atoms with Crippen LogP contribution < -0.4 is 0 Å². The first-order valence-corrected chi connectivity index (χ1v) is 6.69. The van der Waals surface area contributed by atoms with Crippen molar-refractivity contribution in [3.05, 3.63) is 11.6 Å². The van der Waals surface area contributed by atoms with Crippen molar-refractivity contribution in [2.75, 3.05) is 0 Å². The number of hydrogen-bond acceptors (Lipinski definition) is 8. The molecule has 1 aromatic rings. The molecule has 0 fully saturated rings. The van der Waals surface area contributed by atoms with Crippen LogP contribution in [-0.2, 0) is 9.59 Å². The molecule has 0 bridgehead atoms. The minimum Gasteiger partial charge on any atom is -0.286 e. The molecule has 0 radical (unpaired) electrons. The van der Waals surface area contributed by atoms with Gasteiger partial charge in [0, 0.05) is 25.1 Å². The van der Waals surface area contributed by atoms with Gasteiger partial charge < -0.3 is 0 Å². The Morgan fingerprint density at radius 2 is 1.74 bits per heavy atom. The monoisotopic (exact) mass is 332 g/mol. The van der Waals surface area contributed by atoms with Gasteiger partial charge >= 0.3 is 5.91 Å². The highest BCUT2D eigenvalue weighted by molar-refractivity contribution is 7.86. The zero-order chi connectivity index (χ0) is 14.3. The molecular weight excluding hydrogens is 324 g/mol. The molecule has 1 aliphatic heterocycles. The SMILES string of the molecule is O=C1N=CN(O)C(c2cc(S)c(S)c(S)c2S)C1=O. The minimum atomic E-state index is -1.21. The second kappa shape index (κ2) is 5.41. The van der Waals surface area contributed by atoms with Crippen LogP contribution in [0.1, 0.15) is 11.6 Å². The number of rotatable bonds is 1. The minimum absolute atomic E-state index is 0.308. The predicted molar refractivity (Wildman–Crippen MR) is 80.3 cm³/mol. The summed E-state index contributed by atoms with van der Waals surface area (Å²) in [6.45, 7) is 0. The number of aliphatic imine (C=N–C) groups is 1. The number of hydrogen-bond donors (Lipinski definition) is 5. The van der Waals surface area contributed by atoms with Crippen molar-refractivity contribution >= 4 is 68.5 Å². The molecule has 2 rings (SSSR count). The third kappa shape index (κ3) is 2.52. The van der Waals surface area contributed by atoms with Crippen molar-refractivity contribution < 1.29 is 14.8 Å². The molecule has 0 aliphatic carbocycles. The lowest BCUT2D eigenvalue weighted by Crippen LogP contribution is -2.38. The molecule has 0 spiro atoms. The van der Waals surface area contributed by atoms with Crippen molar-refractivity contribution in [1.82, 2.24) is 5.06 Å². The summed E-state index contributed by atoms with van der Waals surface area (Å²) in [5, 5.41) is 10.2. The lowest BCUT2D eigenvalue weighted by molar-refractivity contribution is -0.148. The van der Waals surface area contributed by atoms with Crippen LogP contribution >= 0.6 is 50.5 Å². The van der Waals surface area contributed by atoms with Gasteiger partial charge in [-0.25, -0.2) is 5.06 Å². The van der Waals surface area contributed by atoms with Gasteiger partial charge in [0.15, 0.2) is 6.04 Å². The average molecular weight is 332 g/mol. The number of hydroxylamine groups is 2. The maximum Gasteiger partial charge on any atom is 0.317 e. The van der Waals surface area contributed by atoms with Crippen LogP contribution in [0.4, 0.5) is 0 Å². The Hall–Kier alpha value is -0.610.